The summed E-state index contributed by atoms with van der Waals surface area (Å²) in [6.45, 7) is 5.60. The van der Waals surface area contributed by atoms with Crippen LogP contribution in [0.15, 0.2) is 66.7 Å². The highest BCUT2D eigenvalue weighted by Gasteiger charge is 2.46. The van der Waals surface area contributed by atoms with Crippen molar-refractivity contribution in [3.05, 3.63) is 94.0 Å². The molecule has 2 heterocycles. The molecule has 0 bridgehead atoms. The number of piperidine rings is 1. The molecule has 0 saturated carbocycles. The molecule has 1 amide bonds. The minimum absolute atomic E-state index is 0.0474. The van der Waals surface area contributed by atoms with E-state index in [1.54, 1.807) is 7.11 Å². The fourth-order valence-corrected chi connectivity index (χ4v) is 5.56. The van der Waals surface area contributed by atoms with Crippen LogP contribution in [0.4, 0.5) is 5.69 Å². The van der Waals surface area contributed by atoms with Crippen molar-refractivity contribution >= 4 is 23.2 Å². The molecule has 3 aromatic rings. The number of halogens is 1. The molecule has 1 saturated heterocycles. The van der Waals surface area contributed by atoms with E-state index in [-0.39, 0.29) is 11.3 Å². The Morgan fingerprint density at radius 1 is 1.03 bits per heavy atom. The number of likely N-dealkylation sites (tertiary alicyclic amines) is 1. The summed E-state index contributed by atoms with van der Waals surface area (Å²) in [6, 6.07) is 22.1. The summed E-state index contributed by atoms with van der Waals surface area (Å²) in [5.74, 6) is 0.919. The van der Waals surface area contributed by atoms with Gasteiger partial charge in [0.2, 0.25) is 0 Å². The molecule has 1 fully saturated rings. The maximum absolute atomic E-state index is 13.6. The minimum Gasteiger partial charge on any atom is -0.497 e. The number of carbonyl (C=O) groups excluding carboxylic acids is 1. The van der Waals surface area contributed by atoms with Crippen LogP contribution in [-0.2, 0) is 12.0 Å². The Morgan fingerprint density at radius 2 is 1.82 bits per heavy atom. The highest BCUT2D eigenvalue weighted by Crippen LogP contribution is 2.48. The molecule has 3 aromatic carbocycles. The van der Waals surface area contributed by atoms with E-state index in [4.69, 9.17) is 16.3 Å². The number of aryl methyl sites for hydroxylation is 1. The summed E-state index contributed by atoms with van der Waals surface area (Å²) in [6.07, 6.45) is 2.01. The lowest BCUT2D eigenvalue weighted by Gasteiger charge is -2.40. The lowest BCUT2D eigenvalue weighted by atomic mass is 9.74. The molecule has 0 unspecified atom stereocenters. The van der Waals surface area contributed by atoms with Crippen LogP contribution in [0.25, 0.3) is 0 Å². The third-order valence-electron chi connectivity index (χ3n) is 7.15. The fourth-order valence-electron chi connectivity index (χ4n) is 5.35. The van der Waals surface area contributed by atoms with Gasteiger partial charge in [0.1, 0.15) is 5.75 Å². The average Bonchev–Trinajstić information content (AvgIpc) is 3.13. The van der Waals surface area contributed by atoms with Gasteiger partial charge in [-0.05, 0) is 86.4 Å². The van der Waals surface area contributed by atoms with E-state index >= 15 is 0 Å². The lowest BCUT2D eigenvalue weighted by molar-refractivity contribution is 0.0975. The van der Waals surface area contributed by atoms with Gasteiger partial charge < -0.3 is 9.64 Å². The first-order chi connectivity index (χ1) is 16.0. The van der Waals surface area contributed by atoms with Gasteiger partial charge >= 0.3 is 0 Å². The van der Waals surface area contributed by atoms with Gasteiger partial charge in [-0.25, -0.2) is 0 Å². The standard InChI is InChI=1S/C28H29ClN2O2/c1-20-5-3-7-22(15-20)27(32)31-19-28(25-17-24(33-2)9-10-26(25)31)11-13-30(14-12-28)18-21-6-4-8-23(29)16-21/h3-10,15-17H,11-14,18-19H2,1-2H3. The van der Waals surface area contributed by atoms with Gasteiger partial charge in [-0.15, -0.1) is 0 Å². The van der Waals surface area contributed by atoms with Crippen molar-refractivity contribution in [2.24, 2.45) is 0 Å². The van der Waals surface area contributed by atoms with Gasteiger partial charge in [0.25, 0.3) is 5.91 Å². The van der Waals surface area contributed by atoms with Gasteiger partial charge in [-0.3, -0.25) is 9.69 Å². The molecule has 2 aliphatic heterocycles. The van der Waals surface area contributed by atoms with E-state index in [0.717, 1.165) is 60.1 Å². The zero-order chi connectivity index (χ0) is 23.0. The number of hydrogen-bond acceptors (Lipinski definition) is 3. The largest absolute Gasteiger partial charge is 0.497 e. The quantitative estimate of drug-likeness (QED) is 0.489. The zero-order valence-electron chi connectivity index (χ0n) is 19.2. The van der Waals surface area contributed by atoms with Gasteiger partial charge in [0.05, 0.1) is 7.11 Å². The van der Waals surface area contributed by atoms with Crippen LogP contribution in [0, 0.1) is 6.92 Å². The number of rotatable bonds is 4. The summed E-state index contributed by atoms with van der Waals surface area (Å²) in [4.78, 5) is 18.0. The molecule has 0 radical (unpaired) electrons. The van der Waals surface area contributed by atoms with Crippen molar-refractivity contribution in [2.75, 3.05) is 31.6 Å². The SMILES string of the molecule is COc1ccc2c(c1)C1(CCN(Cc3cccc(Cl)c3)CC1)CN2C(=O)c1cccc(C)c1. The smallest absolute Gasteiger partial charge is 0.258 e. The first-order valence-electron chi connectivity index (χ1n) is 11.5. The summed E-state index contributed by atoms with van der Waals surface area (Å²) >= 11 is 6.18. The highest BCUT2D eigenvalue weighted by molar-refractivity contribution is 6.30. The zero-order valence-corrected chi connectivity index (χ0v) is 19.9. The van der Waals surface area contributed by atoms with Crippen molar-refractivity contribution in [3.63, 3.8) is 0 Å². The molecular formula is C28H29ClN2O2. The number of ether oxygens (including phenoxy) is 1. The molecule has 0 atom stereocenters. The van der Waals surface area contributed by atoms with Crippen molar-refractivity contribution in [3.8, 4) is 5.75 Å². The van der Waals surface area contributed by atoms with E-state index in [9.17, 15) is 4.79 Å². The predicted molar refractivity (Wildman–Crippen MR) is 133 cm³/mol. The minimum atomic E-state index is -0.0474. The second-order valence-electron chi connectivity index (χ2n) is 9.33. The van der Waals surface area contributed by atoms with Crippen LogP contribution in [0.3, 0.4) is 0 Å². The van der Waals surface area contributed by atoms with E-state index in [2.05, 4.69) is 23.1 Å². The number of anilines is 1. The number of amides is 1. The van der Waals surface area contributed by atoms with Crippen LogP contribution >= 0.6 is 11.6 Å². The topological polar surface area (TPSA) is 32.8 Å². The van der Waals surface area contributed by atoms with E-state index in [0.29, 0.717) is 6.54 Å². The molecule has 0 aliphatic carbocycles. The predicted octanol–water partition coefficient (Wildman–Crippen LogP) is 5.85. The van der Waals surface area contributed by atoms with Crippen molar-refractivity contribution in [1.82, 2.24) is 4.90 Å². The van der Waals surface area contributed by atoms with Crippen LogP contribution in [0.1, 0.15) is 39.9 Å². The Kier molecular flexibility index (Phi) is 5.90. The molecule has 170 valence electrons. The highest BCUT2D eigenvalue weighted by atomic mass is 35.5. The number of fused-ring (bicyclic) bond motifs is 2. The number of carbonyl (C=O) groups is 1. The Labute approximate surface area is 200 Å². The molecular weight excluding hydrogens is 432 g/mol. The molecule has 5 rings (SSSR count). The Hall–Kier alpha value is -2.82. The number of methoxy groups -OCH3 is 1. The lowest BCUT2D eigenvalue weighted by Crippen LogP contribution is -2.45. The maximum Gasteiger partial charge on any atom is 0.258 e. The van der Waals surface area contributed by atoms with Crippen LogP contribution in [0.5, 0.6) is 5.75 Å². The summed E-state index contributed by atoms with van der Waals surface area (Å²) < 4.78 is 5.55. The Bertz CT molecular complexity index is 1180. The number of benzene rings is 3. The number of nitrogens with zero attached hydrogens (tertiary/aromatic N) is 2. The normalized spacial score (nSPS) is 17.2. The molecule has 4 nitrogen and oxygen atoms in total. The second-order valence-corrected chi connectivity index (χ2v) is 9.77. The van der Waals surface area contributed by atoms with Gasteiger partial charge in [0, 0.05) is 34.8 Å². The third kappa shape index (κ3) is 4.25. The average molecular weight is 461 g/mol. The number of hydrogen-bond donors (Lipinski definition) is 0. The van der Waals surface area contributed by atoms with E-state index in [1.807, 2.05) is 60.4 Å². The van der Waals surface area contributed by atoms with Gasteiger partial charge in [-0.1, -0.05) is 41.4 Å². The summed E-state index contributed by atoms with van der Waals surface area (Å²) in [5.41, 5.74) is 5.29. The summed E-state index contributed by atoms with van der Waals surface area (Å²) in [5, 5.41) is 0.781. The van der Waals surface area contributed by atoms with Crippen molar-refractivity contribution in [1.29, 1.82) is 0 Å². The Morgan fingerprint density at radius 3 is 2.55 bits per heavy atom. The van der Waals surface area contributed by atoms with E-state index in [1.165, 1.54) is 11.1 Å². The van der Waals surface area contributed by atoms with Crippen molar-refractivity contribution in [2.45, 2.75) is 31.7 Å². The molecule has 5 heteroatoms. The van der Waals surface area contributed by atoms with Gasteiger partial charge in [0.15, 0.2) is 0 Å². The third-order valence-corrected chi connectivity index (χ3v) is 7.38. The fraction of sp³-hybridized carbons (Fsp3) is 0.321. The van der Waals surface area contributed by atoms with Crippen LogP contribution < -0.4 is 9.64 Å². The monoisotopic (exact) mass is 460 g/mol. The Balaban J connectivity index is 1.41. The first-order valence-corrected chi connectivity index (χ1v) is 11.9. The first kappa shape index (κ1) is 22.0. The van der Waals surface area contributed by atoms with Crippen LogP contribution in [-0.4, -0.2) is 37.6 Å². The summed E-state index contributed by atoms with van der Waals surface area (Å²) in [7, 11) is 1.70. The second kappa shape index (κ2) is 8.85. The molecule has 33 heavy (non-hydrogen) atoms. The van der Waals surface area contributed by atoms with Gasteiger partial charge in [-0.2, -0.15) is 0 Å². The van der Waals surface area contributed by atoms with Crippen LogP contribution in [0.2, 0.25) is 5.02 Å². The molecule has 0 N–H and O–H groups in total. The maximum atomic E-state index is 13.6. The molecule has 2 aliphatic rings. The molecule has 0 aromatic heterocycles. The van der Waals surface area contributed by atoms with E-state index < -0.39 is 0 Å². The molecule has 1 spiro atoms. The van der Waals surface area contributed by atoms with Crippen molar-refractivity contribution < 1.29 is 9.53 Å².